The van der Waals surface area contributed by atoms with Gasteiger partial charge in [0, 0.05) is 18.0 Å². The van der Waals surface area contributed by atoms with Gasteiger partial charge in [0.25, 0.3) is 0 Å². The average molecular weight is 243 g/mol. The molecule has 0 aliphatic rings. The molecular formula is C14H11ClN2. The van der Waals surface area contributed by atoms with Gasteiger partial charge in [-0.1, -0.05) is 41.9 Å². The van der Waals surface area contributed by atoms with E-state index in [1.807, 2.05) is 35.7 Å². The van der Waals surface area contributed by atoms with E-state index < -0.39 is 0 Å². The molecular weight excluding hydrogens is 232 g/mol. The highest BCUT2D eigenvalue weighted by Crippen LogP contribution is 2.25. The molecule has 0 bridgehead atoms. The zero-order valence-electron chi connectivity index (χ0n) is 9.39. The molecule has 2 heterocycles. The Morgan fingerprint density at radius 2 is 1.82 bits per heavy atom. The summed E-state index contributed by atoms with van der Waals surface area (Å²) in [5.41, 5.74) is 4.19. The van der Waals surface area contributed by atoms with Crippen LogP contribution in [0.3, 0.4) is 0 Å². The maximum absolute atomic E-state index is 6.13. The Bertz CT molecular complexity index is 671. The van der Waals surface area contributed by atoms with Gasteiger partial charge in [0.05, 0.1) is 11.2 Å². The molecule has 84 valence electrons. The van der Waals surface area contributed by atoms with E-state index in [2.05, 4.69) is 29.4 Å². The lowest BCUT2D eigenvalue weighted by Crippen LogP contribution is -1.89. The minimum Gasteiger partial charge on any atom is -0.319 e. The molecule has 0 N–H and O–H groups in total. The Morgan fingerprint density at radius 3 is 2.59 bits per heavy atom. The van der Waals surface area contributed by atoms with Crippen LogP contribution in [0.4, 0.5) is 0 Å². The molecule has 3 rings (SSSR count). The lowest BCUT2D eigenvalue weighted by molar-refractivity contribution is 1.08. The molecule has 0 amide bonds. The summed E-state index contributed by atoms with van der Waals surface area (Å²) in [7, 11) is 0. The van der Waals surface area contributed by atoms with Crippen molar-refractivity contribution in [1.29, 1.82) is 0 Å². The number of nitrogens with zero attached hydrogens (tertiary/aromatic N) is 2. The van der Waals surface area contributed by atoms with Gasteiger partial charge in [-0.25, -0.2) is 4.98 Å². The molecule has 1 aromatic carbocycles. The average Bonchev–Trinajstić information content (AvgIpc) is 2.74. The van der Waals surface area contributed by atoms with Crippen molar-refractivity contribution in [3.05, 3.63) is 59.6 Å². The lowest BCUT2D eigenvalue weighted by Gasteiger charge is -1.97. The van der Waals surface area contributed by atoms with E-state index >= 15 is 0 Å². The fourth-order valence-corrected chi connectivity index (χ4v) is 2.27. The van der Waals surface area contributed by atoms with Crippen LogP contribution in [-0.4, -0.2) is 9.38 Å². The van der Waals surface area contributed by atoms with Gasteiger partial charge in [-0.15, -0.1) is 0 Å². The first kappa shape index (κ1) is 10.4. The van der Waals surface area contributed by atoms with E-state index in [4.69, 9.17) is 11.6 Å². The van der Waals surface area contributed by atoms with Gasteiger partial charge in [0.1, 0.15) is 0 Å². The second-order valence-corrected chi connectivity index (χ2v) is 4.42. The zero-order chi connectivity index (χ0) is 11.8. The lowest BCUT2D eigenvalue weighted by atomic mass is 10.1. The highest BCUT2D eigenvalue weighted by atomic mass is 35.5. The van der Waals surface area contributed by atoms with Crippen molar-refractivity contribution in [3.8, 4) is 11.1 Å². The van der Waals surface area contributed by atoms with Crippen LogP contribution in [0.2, 0.25) is 5.15 Å². The van der Waals surface area contributed by atoms with Crippen molar-refractivity contribution in [2.75, 3.05) is 0 Å². The van der Waals surface area contributed by atoms with Crippen molar-refractivity contribution >= 4 is 17.1 Å². The molecule has 0 radical (unpaired) electrons. The van der Waals surface area contributed by atoms with Crippen molar-refractivity contribution in [2.24, 2.45) is 0 Å². The predicted octanol–water partition coefficient (Wildman–Crippen LogP) is 3.96. The van der Waals surface area contributed by atoms with E-state index in [0.717, 1.165) is 16.8 Å². The van der Waals surface area contributed by atoms with Gasteiger partial charge in [-0.3, -0.25) is 0 Å². The Kier molecular flexibility index (Phi) is 2.37. The molecule has 0 fully saturated rings. The van der Waals surface area contributed by atoms with Crippen LogP contribution in [0, 0.1) is 6.92 Å². The van der Waals surface area contributed by atoms with E-state index in [-0.39, 0.29) is 0 Å². The summed E-state index contributed by atoms with van der Waals surface area (Å²) in [6.45, 7) is 1.94. The molecule has 3 heteroatoms. The Hall–Kier alpha value is -1.80. The first-order chi connectivity index (χ1) is 8.24. The first-order valence-corrected chi connectivity index (χ1v) is 5.82. The predicted molar refractivity (Wildman–Crippen MR) is 70.4 cm³/mol. The summed E-state index contributed by atoms with van der Waals surface area (Å²) in [5, 5.41) is 0.548. The number of hydrogen-bond donors (Lipinski definition) is 0. The van der Waals surface area contributed by atoms with Crippen LogP contribution >= 0.6 is 11.6 Å². The van der Waals surface area contributed by atoms with Gasteiger partial charge in [0.15, 0.2) is 5.15 Å². The highest BCUT2D eigenvalue weighted by molar-refractivity contribution is 6.32. The van der Waals surface area contributed by atoms with Gasteiger partial charge in [-0.2, -0.15) is 0 Å². The van der Waals surface area contributed by atoms with Crippen LogP contribution in [0.5, 0.6) is 0 Å². The summed E-state index contributed by atoms with van der Waals surface area (Å²) in [6, 6.07) is 12.3. The van der Waals surface area contributed by atoms with E-state index in [1.165, 1.54) is 5.56 Å². The normalized spacial score (nSPS) is 10.9. The number of aryl methyl sites for hydroxylation is 1. The standard InChI is InChI=1S/C14H11ClN2/c1-10-8-17-9-12(7-13(17)14(15)16-10)11-5-3-2-4-6-11/h2-9H,1H3. The zero-order valence-corrected chi connectivity index (χ0v) is 10.1. The summed E-state index contributed by atoms with van der Waals surface area (Å²) in [5.74, 6) is 0. The molecule has 0 aliphatic carbocycles. The van der Waals surface area contributed by atoms with E-state index in [9.17, 15) is 0 Å². The topological polar surface area (TPSA) is 17.3 Å². The summed E-state index contributed by atoms with van der Waals surface area (Å²) in [6.07, 6.45) is 4.05. The number of fused-ring (bicyclic) bond motifs is 1. The maximum Gasteiger partial charge on any atom is 0.153 e. The number of halogens is 1. The van der Waals surface area contributed by atoms with Gasteiger partial charge in [-0.05, 0) is 18.6 Å². The molecule has 0 aliphatic heterocycles. The molecule has 2 aromatic heterocycles. The highest BCUT2D eigenvalue weighted by Gasteiger charge is 2.06. The third-order valence-electron chi connectivity index (χ3n) is 2.77. The molecule has 0 spiro atoms. The number of benzene rings is 1. The Labute approximate surface area is 104 Å². The second-order valence-electron chi connectivity index (χ2n) is 4.06. The van der Waals surface area contributed by atoms with Crippen molar-refractivity contribution < 1.29 is 0 Å². The molecule has 0 atom stereocenters. The fraction of sp³-hybridized carbons (Fsp3) is 0.0714. The van der Waals surface area contributed by atoms with Crippen LogP contribution in [-0.2, 0) is 0 Å². The maximum atomic E-state index is 6.13. The largest absolute Gasteiger partial charge is 0.319 e. The van der Waals surface area contributed by atoms with E-state index in [1.54, 1.807) is 0 Å². The third-order valence-corrected chi connectivity index (χ3v) is 3.05. The van der Waals surface area contributed by atoms with Gasteiger partial charge in [0.2, 0.25) is 0 Å². The number of rotatable bonds is 1. The third kappa shape index (κ3) is 1.81. The minimum atomic E-state index is 0.548. The summed E-state index contributed by atoms with van der Waals surface area (Å²) >= 11 is 6.13. The molecule has 2 nitrogen and oxygen atoms in total. The minimum absolute atomic E-state index is 0.548. The SMILES string of the molecule is Cc1cn2cc(-c3ccccc3)cc2c(Cl)n1. The quantitative estimate of drug-likeness (QED) is 0.631. The molecule has 0 unspecified atom stereocenters. The van der Waals surface area contributed by atoms with E-state index in [0.29, 0.717) is 5.15 Å². The van der Waals surface area contributed by atoms with Crippen molar-refractivity contribution in [1.82, 2.24) is 9.38 Å². The monoisotopic (exact) mass is 242 g/mol. The molecule has 0 saturated heterocycles. The Balaban J connectivity index is 2.24. The molecule has 3 aromatic rings. The van der Waals surface area contributed by atoms with Crippen LogP contribution in [0.25, 0.3) is 16.6 Å². The summed E-state index contributed by atoms with van der Waals surface area (Å²) in [4.78, 5) is 4.25. The van der Waals surface area contributed by atoms with Crippen LogP contribution in [0.1, 0.15) is 5.69 Å². The number of hydrogen-bond acceptors (Lipinski definition) is 1. The molecule has 0 saturated carbocycles. The fourth-order valence-electron chi connectivity index (χ4n) is 1.98. The summed E-state index contributed by atoms with van der Waals surface area (Å²) < 4.78 is 2.02. The Morgan fingerprint density at radius 1 is 1.06 bits per heavy atom. The van der Waals surface area contributed by atoms with Gasteiger partial charge < -0.3 is 4.40 Å². The first-order valence-electron chi connectivity index (χ1n) is 5.44. The number of aromatic nitrogens is 2. The van der Waals surface area contributed by atoms with Gasteiger partial charge >= 0.3 is 0 Å². The smallest absolute Gasteiger partial charge is 0.153 e. The van der Waals surface area contributed by atoms with Crippen LogP contribution in [0.15, 0.2) is 48.8 Å². The van der Waals surface area contributed by atoms with Crippen molar-refractivity contribution in [3.63, 3.8) is 0 Å². The second kappa shape index (κ2) is 3.90. The van der Waals surface area contributed by atoms with Crippen LogP contribution < -0.4 is 0 Å². The molecule has 17 heavy (non-hydrogen) atoms. The van der Waals surface area contributed by atoms with Crippen molar-refractivity contribution in [2.45, 2.75) is 6.92 Å².